The van der Waals surface area contributed by atoms with Gasteiger partial charge in [0.2, 0.25) is 5.91 Å². The largest absolute Gasteiger partial charge is 0.369 e. The third-order valence-corrected chi connectivity index (χ3v) is 5.74. The van der Waals surface area contributed by atoms with E-state index in [0.29, 0.717) is 6.73 Å². The molecule has 0 unspecified atom stereocenters. The lowest BCUT2D eigenvalue weighted by molar-refractivity contribution is -0.134. The lowest BCUT2D eigenvalue weighted by Gasteiger charge is -2.33. The lowest BCUT2D eigenvalue weighted by Crippen LogP contribution is -2.39. The Bertz CT molecular complexity index is 792. The molecule has 1 aliphatic heterocycles. The summed E-state index contributed by atoms with van der Waals surface area (Å²) in [6.45, 7) is 12.3. The molecule has 0 atom stereocenters. The molecular formula is C25H38N4O2. The Morgan fingerprint density at radius 1 is 1.32 bits per heavy atom. The van der Waals surface area contributed by atoms with E-state index in [2.05, 4.69) is 58.6 Å². The normalized spacial score (nSPS) is 15.7. The third kappa shape index (κ3) is 7.33. The van der Waals surface area contributed by atoms with Gasteiger partial charge in [-0.25, -0.2) is 4.99 Å². The monoisotopic (exact) mass is 426 g/mol. The summed E-state index contributed by atoms with van der Waals surface area (Å²) in [4.78, 5) is 22.9. The maximum absolute atomic E-state index is 12.2. The molecule has 0 saturated carbocycles. The first kappa shape index (κ1) is 24.8. The van der Waals surface area contributed by atoms with E-state index in [1.165, 1.54) is 5.56 Å². The number of benzene rings is 1. The standard InChI is InChI=1S/C25H38N4O2/c1-7-22(24-11-9-10-21(16-24)18-28(8-2)19-31-6)17-26-20(3)29-14-12-23(13-15-29)25(30)27(4)5/h7,9-11,16-17,23H,3,8,12-15,18-19H2,1-2,4-6H3/b22-7+,26-17-. The molecule has 0 spiro atoms. The van der Waals surface area contributed by atoms with Gasteiger partial charge in [0.15, 0.2) is 0 Å². The van der Waals surface area contributed by atoms with Crippen molar-refractivity contribution < 1.29 is 9.53 Å². The molecule has 1 heterocycles. The van der Waals surface area contributed by atoms with Gasteiger partial charge in [0.1, 0.15) is 5.82 Å². The van der Waals surface area contributed by atoms with Gasteiger partial charge >= 0.3 is 0 Å². The second kappa shape index (κ2) is 12.4. The number of rotatable bonds is 10. The number of methoxy groups -OCH3 is 1. The maximum atomic E-state index is 12.2. The van der Waals surface area contributed by atoms with Crippen LogP contribution in [0.2, 0.25) is 0 Å². The Labute approximate surface area is 187 Å². The van der Waals surface area contributed by atoms with Gasteiger partial charge in [-0.05, 0) is 49.1 Å². The highest BCUT2D eigenvalue weighted by atomic mass is 16.5. The summed E-state index contributed by atoms with van der Waals surface area (Å²) in [5.41, 5.74) is 3.45. The van der Waals surface area contributed by atoms with Crippen LogP contribution in [0.15, 0.2) is 47.7 Å². The number of hydrogen-bond donors (Lipinski definition) is 0. The highest BCUT2D eigenvalue weighted by molar-refractivity contribution is 6.10. The Hall–Kier alpha value is -2.44. The number of carbonyl (C=O) groups is 1. The van der Waals surface area contributed by atoms with Gasteiger partial charge < -0.3 is 14.5 Å². The van der Waals surface area contributed by atoms with Crippen LogP contribution in [0, 0.1) is 5.92 Å². The molecular weight excluding hydrogens is 388 g/mol. The number of amides is 1. The fourth-order valence-electron chi connectivity index (χ4n) is 3.83. The Morgan fingerprint density at radius 2 is 2.03 bits per heavy atom. The third-order valence-electron chi connectivity index (χ3n) is 5.74. The van der Waals surface area contributed by atoms with Crippen molar-refractivity contribution in [3.05, 3.63) is 53.9 Å². The van der Waals surface area contributed by atoms with Crippen LogP contribution >= 0.6 is 0 Å². The van der Waals surface area contributed by atoms with E-state index in [9.17, 15) is 4.79 Å². The summed E-state index contributed by atoms with van der Waals surface area (Å²) in [7, 11) is 5.37. The molecule has 1 fully saturated rings. The van der Waals surface area contributed by atoms with Crippen molar-refractivity contribution in [2.45, 2.75) is 33.2 Å². The average Bonchev–Trinajstić information content (AvgIpc) is 2.78. The fraction of sp³-hybridized carbons (Fsp3) is 0.520. The van der Waals surface area contributed by atoms with Crippen LogP contribution < -0.4 is 0 Å². The van der Waals surface area contributed by atoms with Crippen LogP contribution in [0.5, 0.6) is 0 Å². The zero-order valence-electron chi connectivity index (χ0n) is 19.8. The van der Waals surface area contributed by atoms with Crippen molar-refractivity contribution in [3.8, 4) is 0 Å². The van der Waals surface area contributed by atoms with Crippen LogP contribution in [0.1, 0.15) is 37.8 Å². The predicted molar refractivity (Wildman–Crippen MR) is 129 cm³/mol. The van der Waals surface area contributed by atoms with Crippen molar-refractivity contribution in [1.82, 2.24) is 14.7 Å². The lowest BCUT2D eigenvalue weighted by atomic mass is 9.95. The molecule has 1 saturated heterocycles. The zero-order valence-corrected chi connectivity index (χ0v) is 19.8. The van der Waals surface area contributed by atoms with E-state index < -0.39 is 0 Å². The van der Waals surface area contributed by atoms with E-state index in [1.807, 2.05) is 27.2 Å². The van der Waals surface area contributed by atoms with E-state index in [-0.39, 0.29) is 11.8 Å². The van der Waals surface area contributed by atoms with Gasteiger partial charge in [-0.1, -0.05) is 37.8 Å². The van der Waals surface area contributed by atoms with Crippen molar-refractivity contribution in [1.29, 1.82) is 0 Å². The minimum atomic E-state index is 0.109. The van der Waals surface area contributed by atoms with Gasteiger partial charge in [-0.3, -0.25) is 9.69 Å². The van der Waals surface area contributed by atoms with Gasteiger partial charge in [-0.2, -0.15) is 0 Å². The molecule has 31 heavy (non-hydrogen) atoms. The van der Waals surface area contributed by atoms with Crippen LogP contribution in [-0.2, 0) is 16.1 Å². The van der Waals surface area contributed by atoms with Crippen molar-refractivity contribution in [2.75, 3.05) is 47.6 Å². The summed E-state index contributed by atoms with van der Waals surface area (Å²) in [5.74, 6) is 1.08. The number of nitrogens with zero attached hydrogens (tertiary/aromatic N) is 4. The molecule has 1 aromatic rings. The van der Waals surface area contributed by atoms with E-state index in [4.69, 9.17) is 4.74 Å². The van der Waals surface area contributed by atoms with Crippen LogP contribution in [0.4, 0.5) is 0 Å². The van der Waals surface area contributed by atoms with Crippen LogP contribution in [0.25, 0.3) is 5.57 Å². The van der Waals surface area contributed by atoms with E-state index in [0.717, 1.165) is 56.0 Å². The van der Waals surface area contributed by atoms with Gasteiger partial charge in [0, 0.05) is 53.0 Å². The first-order valence-corrected chi connectivity index (χ1v) is 11.1. The molecule has 0 radical (unpaired) electrons. The molecule has 170 valence electrons. The molecule has 2 rings (SSSR count). The average molecular weight is 427 g/mol. The summed E-state index contributed by atoms with van der Waals surface area (Å²) in [6.07, 6.45) is 5.66. The summed E-state index contributed by atoms with van der Waals surface area (Å²) >= 11 is 0. The smallest absolute Gasteiger partial charge is 0.225 e. The number of ether oxygens (including phenoxy) is 1. The van der Waals surface area contributed by atoms with E-state index in [1.54, 1.807) is 12.0 Å². The highest BCUT2D eigenvalue weighted by Gasteiger charge is 2.26. The first-order chi connectivity index (χ1) is 14.9. The molecule has 6 nitrogen and oxygen atoms in total. The quantitative estimate of drug-likeness (QED) is 0.421. The molecule has 0 bridgehead atoms. The van der Waals surface area contributed by atoms with E-state index >= 15 is 0 Å². The van der Waals surface area contributed by atoms with Gasteiger partial charge in [0.05, 0.1) is 6.73 Å². The van der Waals surface area contributed by atoms with Crippen LogP contribution in [0.3, 0.4) is 0 Å². The number of likely N-dealkylation sites (tertiary alicyclic amines) is 1. The molecule has 0 aliphatic carbocycles. The number of carbonyl (C=O) groups excluding carboxylic acids is 1. The topological polar surface area (TPSA) is 48.4 Å². The molecule has 6 heteroatoms. The fourth-order valence-corrected chi connectivity index (χ4v) is 3.83. The second-order valence-electron chi connectivity index (χ2n) is 8.18. The maximum Gasteiger partial charge on any atom is 0.225 e. The molecule has 1 amide bonds. The molecule has 1 aliphatic rings. The van der Waals surface area contributed by atoms with Crippen molar-refractivity contribution in [3.63, 3.8) is 0 Å². The Kier molecular flexibility index (Phi) is 9.95. The SMILES string of the molecule is C=C(/N=C\C(=C/C)c1cccc(CN(CC)COC)c1)N1CCC(C(=O)N(C)C)CC1. The van der Waals surface area contributed by atoms with Crippen molar-refractivity contribution in [2.24, 2.45) is 10.9 Å². The minimum absolute atomic E-state index is 0.109. The Balaban J connectivity index is 1.99. The van der Waals surface area contributed by atoms with Crippen LogP contribution in [-0.4, -0.2) is 74.4 Å². The summed E-state index contributed by atoms with van der Waals surface area (Å²) < 4.78 is 5.28. The summed E-state index contributed by atoms with van der Waals surface area (Å²) in [5, 5.41) is 0. The molecule has 0 N–H and O–H groups in total. The molecule has 1 aromatic carbocycles. The number of hydrogen-bond acceptors (Lipinski definition) is 5. The van der Waals surface area contributed by atoms with Gasteiger partial charge in [0.25, 0.3) is 0 Å². The minimum Gasteiger partial charge on any atom is -0.369 e. The Morgan fingerprint density at radius 3 is 2.61 bits per heavy atom. The van der Waals surface area contributed by atoms with Crippen molar-refractivity contribution >= 4 is 17.7 Å². The van der Waals surface area contributed by atoms with Gasteiger partial charge in [-0.15, -0.1) is 0 Å². The zero-order chi connectivity index (χ0) is 22.8. The number of allylic oxidation sites excluding steroid dienone is 2. The summed E-state index contributed by atoms with van der Waals surface area (Å²) in [6, 6.07) is 8.55. The second-order valence-corrected chi connectivity index (χ2v) is 8.18. The number of piperidine rings is 1. The highest BCUT2D eigenvalue weighted by Crippen LogP contribution is 2.22. The molecule has 0 aromatic heterocycles. The predicted octanol–water partition coefficient (Wildman–Crippen LogP) is 3.86. The first-order valence-electron chi connectivity index (χ1n) is 11.1. The number of aliphatic imine (C=N–C) groups is 1.